The second-order valence-corrected chi connectivity index (χ2v) is 14.8. The summed E-state index contributed by atoms with van der Waals surface area (Å²) in [6, 6.07) is 2.56. The normalized spacial score (nSPS) is 17.0. The minimum Gasteiger partial charge on any atom is -0.346 e. The third kappa shape index (κ3) is 17.3. The highest BCUT2D eigenvalue weighted by molar-refractivity contribution is 6.38. The Labute approximate surface area is 314 Å². The first kappa shape index (κ1) is 47.8. The molecule has 3 unspecified atom stereocenters. The van der Waals surface area contributed by atoms with Crippen LogP contribution in [0.4, 0.5) is 4.79 Å². The predicted molar refractivity (Wildman–Crippen MR) is 210 cm³/mol. The molecule has 11 heteroatoms. The molecule has 5 amide bonds. The number of aromatic nitrogens is 1. The Balaban J connectivity index is 0.00000232. The first-order valence-electron chi connectivity index (χ1n) is 19.0. The summed E-state index contributed by atoms with van der Waals surface area (Å²) < 4.78 is 0. The van der Waals surface area contributed by atoms with Crippen LogP contribution in [0.5, 0.6) is 0 Å². The lowest BCUT2D eigenvalue weighted by Gasteiger charge is -2.40. The van der Waals surface area contributed by atoms with Crippen LogP contribution in [0.15, 0.2) is 37.1 Å². The summed E-state index contributed by atoms with van der Waals surface area (Å²) in [4.78, 5) is 70.9. The number of hydrogen-bond acceptors (Lipinski definition) is 6. The Kier molecular flexibility index (Phi) is 22.9. The molecule has 0 radical (unpaired) electrons. The van der Waals surface area contributed by atoms with Gasteiger partial charge in [-0.2, -0.15) is 0 Å². The molecule has 292 valence electrons. The highest BCUT2D eigenvalue weighted by Gasteiger charge is 2.43. The summed E-state index contributed by atoms with van der Waals surface area (Å²) in [6.07, 6.45) is 15.2. The SMILES string of the molecule is C#CCC.C=CCNC(=O)C(=O)C(C)NC(=O)C1CCCN1C(=O)C(NC(=O)NC1(Cc2ccccn2)CCCCC1)C(C)(C)C.CC.CC(C)C. The lowest BCUT2D eigenvalue weighted by Crippen LogP contribution is -2.62. The van der Waals surface area contributed by atoms with Gasteiger partial charge in [-0.25, -0.2) is 4.79 Å². The van der Waals surface area contributed by atoms with Crippen molar-refractivity contribution in [2.75, 3.05) is 13.1 Å². The van der Waals surface area contributed by atoms with Crippen LogP contribution in [0.2, 0.25) is 0 Å². The van der Waals surface area contributed by atoms with E-state index in [4.69, 9.17) is 6.42 Å². The van der Waals surface area contributed by atoms with E-state index in [1.807, 2.05) is 59.7 Å². The molecule has 0 bridgehead atoms. The number of nitrogens with one attached hydrogen (secondary N) is 4. The molecule has 1 aliphatic carbocycles. The van der Waals surface area contributed by atoms with Crippen LogP contribution in [0.25, 0.3) is 0 Å². The van der Waals surface area contributed by atoms with E-state index in [0.717, 1.165) is 50.1 Å². The summed E-state index contributed by atoms with van der Waals surface area (Å²) in [5, 5.41) is 11.1. The van der Waals surface area contributed by atoms with Gasteiger partial charge in [0.15, 0.2) is 0 Å². The number of Topliss-reactive ketones (excluding diaryl/α,β-unsaturated/α-hetero) is 1. The van der Waals surface area contributed by atoms with Crippen molar-refractivity contribution in [2.24, 2.45) is 11.3 Å². The number of likely N-dealkylation sites (tertiary alicyclic amines) is 1. The fourth-order valence-corrected chi connectivity index (χ4v) is 5.77. The Hall–Kier alpha value is -4.20. The second kappa shape index (κ2) is 24.9. The van der Waals surface area contributed by atoms with E-state index in [2.05, 4.69) is 59.5 Å². The van der Waals surface area contributed by atoms with E-state index in [9.17, 15) is 24.0 Å². The van der Waals surface area contributed by atoms with E-state index < -0.39 is 52.7 Å². The number of urea groups is 1. The Morgan fingerprint density at radius 1 is 1.04 bits per heavy atom. The molecule has 2 aliphatic rings. The molecule has 11 nitrogen and oxygen atoms in total. The largest absolute Gasteiger partial charge is 0.346 e. The fourth-order valence-electron chi connectivity index (χ4n) is 5.77. The average Bonchev–Trinajstić information content (AvgIpc) is 3.60. The highest BCUT2D eigenvalue weighted by Crippen LogP contribution is 2.32. The highest BCUT2D eigenvalue weighted by atomic mass is 16.2. The maximum absolute atomic E-state index is 13.9. The van der Waals surface area contributed by atoms with Crippen LogP contribution in [0.1, 0.15) is 126 Å². The maximum atomic E-state index is 13.9. The zero-order valence-electron chi connectivity index (χ0n) is 33.7. The number of nitrogens with zero attached hydrogens (tertiary/aromatic N) is 2. The molecular formula is C41H68N6O5. The van der Waals surface area contributed by atoms with Gasteiger partial charge in [0.25, 0.3) is 5.91 Å². The van der Waals surface area contributed by atoms with Crippen molar-refractivity contribution in [1.82, 2.24) is 31.2 Å². The van der Waals surface area contributed by atoms with Crippen LogP contribution in [-0.2, 0) is 25.6 Å². The minimum absolute atomic E-state index is 0.134. The molecule has 0 spiro atoms. The predicted octanol–water partition coefficient (Wildman–Crippen LogP) is 6.13. The molecule has 4 N–H and O–H groups in total. The number of hydrogen-bond donors (Lipinski definition) is 4. The smallest absolute Gasteiger partial charge is 0.315 e. The molecule has 3 atom stereocenters. The first-order valence-corrected chi connectivity index (χ1v) is 19.0. The van der Waals surface area contributed by atoms with Gasteiger partial charge in [-0.05, 0) is 56.1 Å². The quantitative estimate of drug-likeness (QED) is 0.123. The van der Waals surface area contributed by atoms with Gasteiger partial charge in [-0.15, -0.1) is 18.9 Å². The van der Waals surface area contributed by atoms with Gasteiger partial charge in [0.2, 0.25) is 17.6 Å². The van der Waals surface area contributed by atoms with Crippen LogP contribution in [0, 0.1) is 23.7 Å². The van der Waals surface area contributed by atoms with E-state index in [-0.39, 0.29) is 12.5 Å². The number of amides is 5. The summed E-state index contributed by atoms with van der Waals surface area (Å²) in [5.74, 6) is 0.797. The Bertz CT molecular complexity index is 1290. The summed E-state index contributed by atoms with van der Waals surface area (Å²) >= 11 is 0. The van der Waals surface area contributed by atoms with Crippen LogP contribution < -0.4 is 21.3 Å². The standard InChI is InChI=1S/C31H46N6O5.C4H10.C4H6.C2H6/c1-6-17-33-27(40)24(38)21(2)34-26(39)23-14-12-19-37(23)28(41)25(30(3,4)5)35-29(42)36-31(15-9-7-10-16-31)20-22-13-8-11-18-32-22;1-4(2)3;1-3-4-2;1-2/h6,8,11,13,18,21,23,25H,1,7,9-10,12,14-17,19-20H2,2-5H3,(H,33,40)(H,34,39)(H2,35,36,42);4H,1-3H3;1H,4H2,2H3;1-2H3. The second-order valence-electron chi connectivity index (χ2n) is 14.8. The lowest BCUT2D eigenvalue weighted by atomic mass is 9.78. The van der Waals surface area contributed by atoms with Crippen molar-refractivity contribution in [3.63, 3.8) is 0 Å². The maximum Gasteiger partial charge on any atom is 0.315 e. The van der Waals surface area contributed by atoms with E-state index in [1.54, 1.807) is 6.20 Å². The molecule has 2 fully saturated rings. The third-order valence-corrected chi connectivity index (χ3v) is 8.25. The molecule has 0 aromatic carbocycles. The van der Waals surface area contributed by atoms with Gasteiger partial charge in [0.1, 0.15) is 12.1 Å². The molecule has 1 aromatic heterocycles. The summed E-state index contributed by atoms with van der Waals surface area (Å²) in [7, 11) is 0. The minimum atomic E-state index is -1.06. The van der Waals surface area contributed by atoms with Crippen molar-refractivity contribution in [3.8, 4) is 12.3 Å². The number of terminal acetylenes is 1. The molecule has 52 heavy (non-hydrogen) atoms. The molecule has 1 aromatic rings. The van der Waals surface area contributed by atoms with Gasteiger partial charge < -0.3 is 26.2 Å². The van der Waals surface area contributed by atoms with Crippen molar-refractivity contribution in [1.29, 1.82) is 0 Å². The van der Waals surface area contributed by atoms with Crippen molar-refractivity contribution in [3.05, 3.63) is 42.7 Å². The van der Waals surface area contributed by atoms with Crippen LogP contribution >= 0.6 is 0 Å². The van der Waals surface area contributed by atoms with Crippen LogP contribution in [0.3, 0.4) is 0 Å². The number of carbonyl (C=O) groups excluding carboxylic acids is 5. The topological polar surface area (TPSA) is 150 Å². The van der Waals surface area contributed by atoms with Gasteiger partial charge in [-0.3, -0.25) is 24.2 Å². The van der Waals surface area contributed by atoms with E-state index >= 15 is 0 Å². The summed E-state index contributed by atoms with van der Waals surface area (Å²) in [5.41, 5.74) is -0.204. The number of pyridine rings is 1. The van der Waals surface area contributed by atoms with E-state index in [1.165, 1.54) is 17.9 Å². The average molecular weight is 725 g/mol. The van der Waals surface area contributed by atoms with E-state index in [0.29, 0.717) is 25.8 Å². The Morgan fingerprint density at radius 2 is 1.63 bits per heavy atom. The Morgan fingerprint density at radius 3 is 2.13 bits per heavy atom. The number of rotatable bonds is 11. The van der Waals surface area contributed by atoms with Crippen molar-refractivity contribution in [2.45, 2.75) is 151 Å². The summed E-state index contributed by atoms with van der Waals surface area (Å²) in [6.45, 7) is 23.5. The fraction of sp³-hybridized carbons (Fsp3) is 0.659. The zero-order valence-corrected chi connectivity index (χ0v) is 33.7. The molecule has 1 saturated heterocycles. The number of carbonyl (C=O) groups is 5. The molecular weight excluding hydrogens is 656 g/mol. The van der Waals surface area contributed by atoms with Gasteiger partial charge in [0, 0.05) is 43.4 Å². The van der Waals surface area contributed by atoms with Crippen molar-refractivity contribution < 1.29 is 24.0 Å². The van der Waals surface area contributed by atoms with Gasteiger partial charge >= 0.3 is 6.03 Å². The monoisotopic (exact) mass is 725 g/mol. The van der Waals surface area contributed by atoms with Gasteiger partial charge in [-0.1, -0.05) is 93.7 Å². The molecule has 1 saturated carbocycles. The van der Waals surface area contributed by atoms with Crippen molar-refractivity contribution >= 4 is 29.5 Å². The number of ketones is 1. The molecule has 2 heterocycles. The lowest BCUT2D eigenvalue weighted by molar-refractivity contribution is -0.143. The molecule has 1 aliphatic heterocycles. The molecule has 3 rings (SSSR count). The third-order valence-electron chi connectivity index (χ3n) is 8.25. The van der Waals surface area contributed by atoms with Crippen LogP contribution in [-0.4, -0.2) is 76.2 Å². The first-order chi connectivity index (χ1) is 24.5. The zero-order chi connectivity index (χ0) is 39.9. The van der Waals surface area contributed by atoms with Gasteiger partial charge in [0.05, 0.1) is 6.04 Å².